The van der Waals surface area contributed by atoms with Gasteiger partial charge in [0.1, 0.15) is 0 Å². The summed E-state index contributed by atoms with van der Waals surface area (Å²) in [5.41, 5.74) is 3.34. The highest BCUT2D eigenvalue weighted by Crippen LogP contribution is 2.25. The Morgan fingerprint density at radius 2 is 1.44 bits per heavy atom. The van der Waals surface area contributed by atoms with Gasteiger partial charge in [0.2, 0.25) is 5.91 Å². The van der Waals surface area contributed by atoms with Crippen LogP contribution in [0.3, 0.4) is 0 Å². The highest BCUT2D eigenvalue weighted by molar-refractivity contribution is 5.79. The van der Waals surface area contributed by atoms with Crippen molar-refractivity contribution in [1.82, 2.24) is 20.0 Å². The van der Waals surface area contributed by atoms with Crippen LogP contribution in [0, 0.1) is 5.92 Å². The Morgan fingerprint density at radius 3 is 2.09 bits per heavy atom. The SMILES string of the molecule is O=C(C1CCN(c2ccc(-c3ccccc3)nn2)CC1)N1CCN(CCc2ccccc2)CC1. The van der Waals surface area contributed by atoms with Gasteiger partial charge in [0.25, 0.3) is 0 Å². The minimum Gasteiger partial charge on any atom is -0.355 e. The molecule has 2 saturated heterocycles. The summed E-state index contributed by atoms with van der Waals surface area (Å²) in [5, 5.41) is 8.88. The maximum atomic E-state index is 13.1. The summed E-state index contributed by atoms with van der Waals surface area (Å²) in [4.78, 5) is 20.0. The number of amides is 1. The summed E-state index contributed by atoms with van der Waals surface area (Å²) >= 11 is 0. The normalized spacial score (nSPS) is 17.6. The Balaban J connectivity index is 1.07. The molecule has 2 aliphatic heterocycles. The minimum atomic E-state index is 0.128. The van der Waals surface area contributed by atoms with Gasteiger partial charge in [-0.15, -0.1) is 10.2 Å². The van der Waals surface area contributed by atoms with Crippen LogP contribution in [-0.4, -0.2) is 71.7 Å². The van der Waals surface area contributed by atoms with E-state index >= 15 is 0 Å². The summed E-state index contributed by atoms with van der Waals surface area (Å²) in [6.45, 7) is 6.41. The van der Waals surface area contributed by atoms with Crippen molar-refractivity contribution in [3.8, 4) is 11.3 Å². The fraction of sp³-hybridized carbons (Fsp3) is 0.393. The Hall–Kier alpha value is -3.25. The van der Waals surface area contributed by atoms with Crippen molar-refractivity contribution in [2.75, 3.05) is 50.7 Å². The van der Waals surface area contributed by atoms with Crippen molar-refractivity contribution in [3.63, 3.8) is 0 Å². The topological polar surface area (TPSA) is 52.6 Å². The van der Waals surface area contributed by atoms with E-state index in [2.05, 4.69) is 55.2 Å². The Kier molecular flexibility index (Phi) is 7.15. The fourth-order valence-corrected chi connectivity index (χ4v) is 4.99. The van der Waals surface area contributed by atoms with Crippen LogP contribution >= 0.6 is 0 Å². The molecule has 2 aliphatic rings. The zero-order chi connectivity index (χ0) is 23.2. The van der Waals surface area contributed by atoms with Gasteiger partial charge in [-0.25, -0.2) is 0 Å². The number of hydrogen-bond donors (Lipinski definition) is 0. The summed E-state index contributed by atoms with van der Waals surface area (Å²) in [5.74, 6) is 1.37. The Morgan fingerprint density at radius 1 is 0.765 bits per heavy atom. The summed E-state index contributed by atoms with van der Waals surface area (Å²) in [7, 11) is 0. The van der Waals surface area contributed by atoms with Crippen LogP contribution in [0.2, 0.25) is 0 Å². The number of rotatable bonds is 6. The molecule has 0 bridgehead atoms. The van der Waals surface area contributed by atoms with E-state index in [0.29, 0.717) is 5.91 Å². The van der Waals surface area contributed by atoms with Crippen LogP contribution in [0.1, 0.15) is 18.4 Å². The summed E-state index contributed by atoms with van der Waals surface area (Å²) in [6, 6.07) is 24.8. The molecule has 0 spiro atoms. The molecule has 1 aromatic heterocycles. The van der Waals surface area contributed by atoms with Crippen LogP contribution in [-0.2, 0) is 11.2 Å². The first-order valence-electron chi connectivity index (χ1n) is 12.5. The summed E-state index contributed by atoms with van der Waals surface area (Å²) in [6.07, 6.45) is 2.84. The van der Waals surface area contributed by atoms with E-state index in [4.69, 9.17) is 0 Å². The number of piperidine rings is 1. The quantitative estimate of drug-likeness (QED) is 0.567. The molecule has 0 radical (unpaired) electrons. The number of piperazine rings is 1. The second-order valence-corrected chi connectivity index (χ2v) is 9.31. The number of nitrogens with zero attached hydrogens (tertiary/aromatic N) is 5. The number of aromatic nitrogens is 2. The van der Waals surface area contributed by atoms with E-state index in [1.807, 2.05) is 42.5 Å². The number of hydrogen-bond acceptors (Lipinski definition) is 5. The molecule has 2 aromatic carbocycles. The Bertz CT molecular complexity index is 1040. The van der Waals surface area contributed by atoms with Crippen LogP contribution in [0.5, 0.6) is 0 Å². The summed E-state index contributed by atoms with van der Waals surface area (Å²) < 4.78 is 0. The zero-order valence-electron chi connectivity index (χ0n) is 19.7. The monoisotopic (exact) mass is 455 g/mol. The molecule has 0 saturated carbocycles. The van der Waals surface area contributed by atoms with Crippen LogP contribution in [0.15, 0.2) is 72.8 Å². The lowest BCUT2D eigenvalue weighted by molar-refractivity contribution is -0.138. The van der Waals surface area contributed by atoms with Crippen LogP contribution < -0.4 is 4.90 Å². The molecule has 6 nitrogen and oxygen atoms in total. The second kappa shape index (κ2) is 10.8. The third-order valence-corrected chi connectivity index (χ3v) is 7.13. The molecular formula is C28H33N5O. The van der Waals surface area contributed by atoms with Gasteiger partial charge in [-0.1, -0.05) is 60.7 Å². The van der Waals surface area contributed by atoms with E-state index in [9.17, 15) is 4.79 Å². The average Bonchev–Trinajstić information content (AvgIpc) is 2.93. The van der Waals surface area contributed by atoms with Gasteiger partial charge in [-0.2, -0.15) is 0 Å². The first-order valence-corrected chi connectivity index (χ1v) is 12.5. The van der Waals surface area contributed by atoms with Crippen LogP contribution in [0.4, 0.5) is 5.82 Å². The molecule has 34 heavy (non-hydrogen) atoms. The van der Waals surface area contributed by atoms with Gasteiger partial charge in [0, 0.05) is 57.3 Å². The lowest BCUT2D eigenvalue weighted by atomic mass is 9.95. The molecule has 0 unspecified atom stereocenters. The molecule has 176 valence electrons. The zero-order valence-corrected chi connectivity index (χ0v) is 19.7. The first-order chi connectivity index (χ1) is 16.8. The maximum absolute atomic E-state index is 13.1. The molecule has 0 aliphatic carbocycles. The smallest absolute Gasteiger partial charge is 0.225 e. The maximum Gasteiger partial charge on any atom is 0.225 e. The van der Waals surface area contributed by atoms with E-state index in [-0.39, 0.29) is 5.92 Å². The predicted octanol–water partition coefficient (Wildman–Crippen LogP) is 3.75. The molecule has 0 atom stereocenters. The standard InChI is InChI=1S/C28H33N5O/c34-28(33-21-19-31(20-22-33)16-13-23-7-3-1-4-8-23)25-14-17-32(18-15-25)27-12-11-26(29-30-27)24-9-5-2-6-10-24/h1-12,25H,13-22H2. The van der Waals surface area contributed by atoms with E-state index < -0.39 is 0 Å². The van der Waals surface area contributed by atoms with Crippen molar-refractivity contribution in [2.24, 2.45) is 5.92 Å². The predicted molar refractivity (Wildman–Crippen MR) is 136 cm³/mol. The van der Waals surface area contributed by atoms with Crippen molar-refractivity contribution < 1.29 is 4.79 Å². The minimum absolute atomic E-state index is 0.128. The van der Waals surface area contributed by atoms with Gasteiger partial charge < -0.3 is 9.80 Å². The average molecular weight is 456 g/mol. The van der Waals surface area contributed by atoms with Gasteiger partial charge in [0.15, 0.2) is 5.82 Å². The van der Waals surface area contributed by atoms with Crippen molar-refractivity contribution in [1.29, 1.82) is 0 Å². The van der Waals surface area contributed by atoms with Crippen molar-refractivity contribution in [2.45, 2.75) is 19.3 Å². The van der Waals surface area contributed by atoms with Gasteiger partial charge in [-0.3, -0.25) is 9.69 Å². The van der Waals surface area contributed by atoms with Gasteiger partial charge >= 0.3 is 0 Å². The highest BCUT2D eigenvalue weighted by Gasteiger charge is 2.30. The third-order valence-electron chi connectivity index (χ3n) is 7.13. The third kappa shape index (κ3) is 5.45. The number of carbonyl (C=O) groups excluding carboxylic acids is 1. The lowest BCUT2D eigenvalue weighted by Crippen LogP contribution is -2.52. The second-order valence-electron chi connectivity index (χ2n) is 9.31. The molecule has 3 aromatic rings. The molecular weight excluding hydrogens is 422 g/mol. The number of carbonyl (C=O) groups is 1. The van der Waals surface area contributed by atoms with Crippen molar-refractivity contribution in [3.05, 3.63) is 78.4 Å². The fourth-order valence-electron chi connectivity index (χ4n) is 4.99. The Labute approximate surface area is 202 Å². The van der Waals surface area contributed by atoms with Crippen LogP contribution in [0.25, 0.3) is 11.3 Å². The van der Waals surface area contributed by atoms with E-state index in [1.165, 1.54) is 5.56 Å². The molecule has 0 N–H and O–H groups in total. The molecule has 5 rings (SSSR count). The molecule has 1 amide bonds. The van der Waals surface area contributed by atoms with Gasteiger partial charge in [0.05, 0.1) is 5.69 Å². The highest BCUT2D eigenvalue weighted by atomic mass is 16.2. The van der Waals surface area contributed by atoms with Gasteiger partial charge in [-0.05, 0) is 37.0 Å². The van der Waals surface area contributed by atoms with E-state index in [0.717, 1.165) is 82.2 Å². The largest absolute Gasteiger partial charge is 0.355 e. The lowest BCUT2D eigenvalue weighted by Gasteiger charge is -2.38. The molecule has 2 fully saturated rings. The number of anilines is 1. The molecule has 3 heterocycles. The molecule has 6 heteroatoms. The van der Waals surface area contributed by atoms with Crippen molar-refractivity contribution >= 4 is 11.7 Å². The van der Waals surface area contributed by atoms with E-state index in [1.54, 1.807) is 0 Å². The first kappa shape index (κ1) is 22.5. The number of benzene rings is 2.